The smallest absolute Gasteiger partial charge is 0.123 e. The van der Waals surface area contributed by atoms with Crippen molar-refractivity contribution in [1.29, 1.82) is 0 Å². The normalized spacial score (nSPS) is 17.2. The number of aromatic nitrogens is 2. The number of hydrogen-bond donors (Lipinski definition) is 1. The van der Waals surface area contributed by atoms with Crippen LogP contribution in [0.3, 0.4) is 0 Å². The number of halogens is 3. The van der Waals surface area contributed by atoms with E-state index < -0.39 is 0 Å². The van der Waals surface area contributed by atoms with Crippen molar-refractivity contribution in [2.75, 3.05) is 13.1 Å². The van der Waals surface area contributed by atoms with Gasteiger partial charge >= 0.3 is 0 Å². The molecule has 0 spiro atoms. The monoisotopic (exact) mass is 359 g/mol. The van der Waals surface area contributed by atoms with Gasteiger partial charge < -0.3 is 9.88 Å². The molecular formula is C17H24Cl2FN3. The summed E-state index contributed by atoms with van der Waals surface area (Å²) >= 11 is 0. The minimum Gasteiger partial charge on any atom is -0.328 e. The van der Waals surface area contributed by atoms with Gasteiger partial charge in [-0.15, -0.1) is 24.8 Å². The molecule has 1 N–H and O–H groups in total. The van der Waals surface area contributed by atoms with Crippen LogP contribution in [-0.4, -0.2) is 22.6 Å². The summed E-state index contributed by atoms with van der Waals surface area (Å²) in [5.41, 5.74) is 2.28. The second-order valence-electron chi connectivity index (χ2n) is 5.94. The first-order valence-electron chi connectivity index (χ1n) is 7.68. The van der Waals surface area contributed by atoms with Crippen molar-refractivity contribution < 1.29 is 4.39 Å². The van der Waals surface area contributed by atoms with Gasteiger partial charge in [-0.25, -0.2) is 9.37 Å². The van der Waals surface area contributed by atoms with E-state index >= 15 is 0 Å². The number of nitrogens with zero attached hydrogens (tertiary/aromatic N) is 2. The summed E-state index contributed by atoms with van der Waals surface area (Å²) in [4.78, 5) is 4.58. The maximum absolute atomic E-state index is 13.0. The zero-order valence-electron chi connectivity index (χ0n) is 13.3. The molecule has 1 fully saturated rings. The Morgan fingerprint density at radius 1 is 1.26 bits per heavy atom. The third-order valence-corrected chi connectivity index (χ3v) is 4.26. The number of piperidine rings is 1. The number of rotatable bonds is 4. The highest BCUT2D eigenvalue weighted by Crippen LogP contribution is 2.18. The van der Waals surface area contributed by atoms with Crippen LogP contribution in [-0.2, 0) is 13.0 Å². The highest BCUT2D eigenvalue weighted by atomic mass is 35.5. The molecule has 1 aromatic heterocycles. The maximum atomic E-state index is 13.0. The molecule has 1 saturated heterocycles. The van der Waals surface area contributed by atoms with Crippen molar-refractivity contribution in [3.63, 3.8) is 0 Å². The summed E-state index contributed by atoms with van der Waals surface area (Å²) in [5.74, 6) is 1.63. The predicted molar refractivity (Wildman–Crippen MR) is 96.3 cm³/mol. The van der Waals surface area contributed by atoms with Crippen LogP contribution in [0.25, 0.3) is 0 Å². The molecule has 128 valence electrons. The zero-order valence-corrected chi connectivity index (χ0v) is 14.9. The summed E-state index contributed by atoms with van der Waals surface area (Å²) in [5, 5.41) is 3.46. The average Bonchev–Trinajstić information content (AvgIpc) is 2.84. The standard InChI is InChI=1S/C17H22FN3.2ClH/c1-13-10-20-17(9-15-3-2-8-19-11-15)21(13)12-14-4-6-16(18)7-5-14;;/h4-7,10,15,19H,2-3,8-9,11-12H2,1H3;2*1H. The van der Waals surface area contributed by atoms with E-state index in [4.69, 9.17) is 0 Å². The second-order valence-corrected chi connectivity index (χ2v) is 5.94. The van der Waals surface area contributed by atoms with E-state index in [0.717, 1.165) is 43.1 Å². The lowest BCUT2D eigenvalue weighted by atomic mass is 9.96. The van der Waals surface area contributed by atoms with Gasteiger partial charge in [0.15, 0.2) is 0 Å². The van der Waals surface area contributed by atoms with Crippen LogP contribution in [0, 0.1) is 18.7 Å². The molecule has 1 aliphatic heterocycles. The summed E-state index contributed by atoms with van der Waals surface area (Å²) in [7, 11) is 0. The molecular weight excluding hydrogens is 336 g/mol. The van der Waals surface area contributed by atoms with Crippen LogP contribution < -0.4 is 5.32 Å². The van der Waals surface area contributed by atoms with E-state index in [2.05, 4.69) is 21.8 Å². The highest BCUT2D eigenvalue weighted by molar-refractivity contribution is 5.85. The number of benzene rings is 1. The first-order chi connectivity index (χ1) is 10.2. The van der Waals surface area contributed by atoms with Gasteiger partial charge in [-0.1, -0.05) is 12.1 Å². The van der Waals surface area contributed by atoms with E-state index in [-0.39, 0.29) is 30.6 Å². The van der Waals surface area contributed by atoms with Gasteiger partial charge in [0, 0.05) is 24.9 Å². The second kappa shape index (κ2) is 9.26. The Morgan fingerprint density at radius 2 is 2.00 bits per heavy atom. The van der Waals surface area contributed by atoms with Crippen molar-refractivity contribution in [2.45, 2.75) is 32.7 Å². The van der Waals surface area contributed by atoms with Gasteiger partial charge in [0.2, 0.25) is 0 Å². The van der Waals surface area contributed by atoms with Gasteiger partial charge in [0.25, 0.3) is 0 Å². The van der Waals surface area contributed by atoms with Crippen molar-refractivity contribution in [2.24, 2.45) is 5.92 Å². The zero-order chi connectivity index (χ0) is 14.7. The van der Waals surface area contributed by atoms with Crippen LogP contribution in [0.4, 0.5) is 4.39 Å². The highest BCUT2D eigenvalue weighted by Gasteiger charge is 2.17. The summed E-state index contributed by atoms with van der Waals surface area (Å²) in [6.45, 7) is 5.07. The number of imidazole rings is 1. The molecule has 1 aromatic carbocycles. The molecule has 0 bridgehead atoms. The Labute approximate surface area is 149 Å². The molecule has 1 atom stereocenters. The molecule has 0 amide bonds. The fourth-order valence-corrected chi connectivity index (χ4v) is 3.02. The van der Waals surface area contributed by atoms with E-state index in [1.165, 1.54) is 25.0 Å². The molecule has 0 aliphatic carbocycles. The van der Waals surface area contributed by atoms with E-state index in [9.17, 15) is 4.39 Å². The summed E-state index contributed by atoms with van der Waals surface area (Å²) < 4.78 is 15.3. The Morgan fingerprint density at radius 3 is 2.65 bits per heavy atom. The van der Waals surface area contributed by atoms with Crippen LogP contribution in [0.5, 0.6) is 0 Å². The topological polar surface area (TPSA) is 29.9 Å². The average molecular weight is 360 g/mol. The summed E-state index contributed by atoms with van der Waals surface area (Å²) in [6, 6.07) is 6.74. The van der Waals surface area contributed by atoms with Crippen molar-refractivity contribution in [3.8, 4) is 0 Å². The lowest BCUT2D eigenvalue weighted by molar-refractivity contribution is 0.367. The SMILES string of the molecule is Cc1cnc(CC2CCCNC2)n1Cc1ccc(F)cc1.Cl.Cl. The van der Waals surface area contributed by atoms with Crippen LogP contribution in [0.2, 0.25) is 0 Å². The number of aryl methyl sites for hydroxylation is 1. The van der Waals surface area contributed by atoms with Crippen LogP contribution >= 0.6 is 24.8 Å². The van der Waals surface area contributed by atoms with E-state index in [1.807, 2.05) is 18.3 Å². The van der Waals surface area contributed by atoms with Gasteiger partial charge in [-0.05, 0) is 56.5 Å². The molecule has 2 heterocycles. The lowest BCUT2D eigenvalue weighted by Gasteiger charge is -2.23. The van der Waals surface area contributed by atoms with E-state index in [0.29, 0.717) is 5.92 Å². The molecule has 0 radical (unpaired) electrons. The fraction of sp³-hybridized carbons (Fsp3) is 0.471. The lowest BCUT2D eigenvalue weighted by Crippen LogP contribution is -2.31. The van der Waals surface area contributed by atoms with Crippen molar-refractivity contribution in [1.82, 2.24) is 14.9 Å². The fourth-order valence-electron chi connectivity index (χ4n) is 3.02. The molecule has 2 aromatic rings. The van der Waals surface area contributed by atoms with E-state index in [1.54, 1.807) is 0 Å². The van der Waals surface area contributed by atoms with Crippen LogP contribution in [0.15, 0.2) is 30.5 Å². The summed E-state index contributed by atoms with van der Waals surface area (Å²) in [6.07, 6.45) is 5.48. The Balaban J connectivity index is 0.00000132. The quantitative estimate of drug-likeness (QED) is 0.900. The first-order valence-corrected chi connectivity index (χ1v) is 7.68. The number of hydrogen-bond acceptors (Lipinski definition) is 2. The van der Waals surface area contributed by atoms with Crippen molar-refractivity contribution >= 4 is 24.8 Å². The third-order valence-electron chi connectivity index (χ3n) is 4.26. The third kappa shape index (κ3) is 5.20. The molecule has 0 saturated carbocycles. The predicted octanol–water partition coefficient (Wildman–Crippen LogP) is 3.76. The number of nitrogens with one attached hydrogen (secondary N) is 1. The van der Waals surface area contributed by atoms with Gasteiger partial charge in [0.1, 0.15) is 11.6 Å². The Bertz CT molecular complexity index is 592. The Kier molecular flexibility index (Phi) is 8.03. The van der Waals surface area contributed by atoms with Gasteiger partial charge in [-0.3, -0.25) is 0 Å². The maximum Gasteiger partial charge on any atom is 0.123 e. The minimum atomic E-state index is -0.186. The molecule has 23 heavy (non-hydrogen) atoms. The van der Waals surface area contributed by atoms with Gasteiger partial charge in [-0.2, -0.15) is 0 Å². The molecule has 1 aliphatic rings. The minimum absolute atomic E-state index is 0. The molecule has 3 rings (SSSR count). The molecule has 1 unspecified atom stereocenters. The van der Waals surface area contributed by atoms with Crippen LogP contribution in [0.1, 0.15) is 29.9 Å². The van der Waals surface area contributed by atoms with Gasteiger partial charge in [0.05, 0.1) is 0 Å². The van der Waals surface area contributed by atoms with Crippen molar-refractivity contribution in [3.05, 3.63) is 53.4 Å². The molecule has 6 heteroatoms. The Hall–Kier alpha value is -1.10. The largest absolute Gasteiger partial charge is 0.328 e. The molecule has 3 nitrogen and oxygen atoms in total. The first kappa shape index (κ1) is 19.9.